The lowest BCUT2D eigenvalue weighted by molar-refractivity contribution is 0.0752. The Kier molecular flexibility index (Phi) is 7.95. The quantitative estimate of drug-likeness (QED) is 0.472. The Morgan fingerprint density at radius 2 is 1.70 bits per heavy atom. The summed E-state index contributed by atoms with van der Waals surface area (Å²) in [5.74, 6) is 1.05. The molecule has 0 spiro atoms. The molecule has 33 heavy (non-hydrogen) atoms. The fraction of sp³-hybridized carbons (Fsp3) is 0.240. The highest BCUT2D eigenvalue weighted by Gasteiger charge is 2.18. The summed E-state index contributed by atoms with van der Waals surface area (Å²) in [4.78, 5) is 15.0. The maximum absolute atomic E-state index is 13.2. The molecule has 0 saturated heterocycles. The van der Waals surface area contributed by atoms with E-state index in [2.05, 4.69) is 4.72 Å². The van der Waals surface area contributed by atoms with Gasteiger partial charge in [0.2, 0.25) is 0 Å². The minimum absolute atomic E-state index is 0.154. The number of nitrogens with one attached hydrogen (secondary N) is 1. The number of benzene rings is 3. The summed E-state index contributed by atoms with van der Waals surface area (Å²) in [5, 5.41) is 0. The lowest BCUT2D eigenvalue weighted by Crippen LogP contribution is -2.30. The number of carbonyl (C=O) groups is 1. The van der Waals surface area contributed by atoms with Gasteiger partial charge in [0.1, 0.15) is 0 Å². The van der Waals surface area contributed by atoms with Crippen LogP contribution in [0.1, 0.15) is 29.8 Å². The van der Waals surface area contributed by atoms with Crippen molar-refractivity contribution in [1.29, 1.82) is 0 Å². The number of rotatable bonds is 10. The molecule has 0 radical (unpaired) electrons. The van der Waals surface area contributed by atoms with Crippen molar-refractivity contribution in [3.05, 3.63) is 83.9 Å². The first-order chi connectivity index (χ1) is 15.9. The second-order valence-corrected chi connectivity index (χ2v) is 8.92. The van der Waals surface area contributed by atoms with Crippen molar-refractivity contribution < 1.29 is 22.7 Å². The van der Waals surface area contributed by atoms with E-state index in [-0.39, 0.29) is 10.8 Å². The third-order valence-corrected chi connectivity index (χ3v) is 6.38. The second-order valence-electron chi connectivity index (χ2n) is 7.24. The van der Waals surface area contributed by atoms with E-state index in [0.29, 0.717) is 42.4 Å². The smallest absolute Gasteiger partial charge is 0.261 e. The molecule has 0 fully saturated rings. The van der Waals surface area contributed by atoms with Crippen LogP contribution >= 0.6 is 0 Å². The lowest BCUT2D eigenvalue weighted by atomic mass is 10.1. The zero-order chi connectivity index (χ0) is 23.8. The maximum Gasteiger partial charge on any atom is 0.261 e. The van der Waals surface area contributed by atoms with Crippen LogP contribution in [0.15, 0.2) is 77.7 Å². The number of methoxy groups -OCH3 is 1. The number of anilines is 1. The molecule has 3 aromatic rings. The van der Waals surface area contributed by atoms with Crippen molar-refractivity contribution in [1.82, 2.24) is 4.90 Å². The largest absolute Gasteiger partial charge is 0.493 e. The summed E-state index contributed by atoms with van der Waals surface area (Å²) in [6, 6.07) is 20.2. The Morgan fingerprint density at radius 1 is 0.939 bits per heavy atom. The van der Waals surface area contributed by atoms with Gasteiger partial charge >= 0.3 is 0 Å². The van der Waals surface area contributed by atoms with E-state index in [1.807, 2.05) is 32.0 Å². The number of hydrogen-bond donors (Lipinski definition) is 1. The van der Waals surface area contributed by atoms with Gasteiger partial charge in [-0.15, -0.1) is 0 Å². The second kappa shape index (κ2) is 10.9. The van der Waals surface area contributed by atoms with Gasteiger partial charge in [-0.25, -0.2) is 8.42 Å². The summed E-state index contributed by atoms with van der Waals surface area (Å²) < 4.78 is 38.7. The average molecular weight is 469 g/mol. The fourth-order valence-electron chi connectivity index (χ4n) is 3.34. The predicted molar refractivity (Wildman–Crippen MR) is 128 cm³/mol. The highest BCUT2D eigenvalue weighted by atomic mass is 32.2. The predicted octanol–water partition coefficient (Wildman–Crippen LogP) is 4.56. The minimum atomic E-state index is -3.75. The molecule has 8 heteroatoms. The fourth-order valence-corrected chi connectivity index (χ4v) is 4.42. The van der Waals surface area contributed by atoms with Crippen molar-refractivity contribution >= 4 is 21.6 Å². The third kappa shape index (κ3) is 6.04. The Balaban J connectivity index is 1.78. The summed E-state index contributed by atoms with van der Waals surface area (Å²) >= 11 is 0. The van der Waals surface area contributed by atoms with E-state index in [9.17, 15) is 13.2 Å². The molecule has 0 heterocycles. The van der Waals surface area contributed by atoms with Gasteiger partial charge in [0.15, 0.2) is 11.5 Å². The van der Waals surface area contributed by atoms with Crippen LogP contribution in [-0.4, -0.2) is 39.5 Å². The SMILES string of the molecule is CCOc1ccc(CN(CC)C(=O)c2cccc(NS(=O)(=O)c3ccccc3)c2)cc1OC. The molecule has 0 unspecified atom stereocenters. The van der Waals surface area contributed by atoms with E-state index in [1.165, 1.54) is 12.1 Å². The van der Waals surface area contributed by atoms with E-state index in [0.717, 1.165) is 5.56 Å². The Labute approximate surface area is 195 Å². The average Bonchev–Trinajstić information content (AvgIpc) is 2.83. The van der Waals surface area contributed by atoms with Gasteiger partial charge in [0.05, 0.1) is 18.6 Å². The number of hydrogen-bond acceptors (Lipinski definition) is 5. The molecule has 0 aliphatic rings. The first-order valence-corrected chi connectivity index (χ1v) is 12.1. The molecular weight excluding hydrogens is 440 g/mol. The molecular formula is C25H28N2O5S. The zero-order valence-electron chi connectivity index (χ0n) is 18.9. The lowest BCUT2D eigenvalue weighted by Gasteiger charge is -2.22. The topological polar surface area (TPSA) is 84.9 Å². The van der Waals surface area contributed by atoms with Crippen molar-refractivity contribution in [2.24, 2.45) is 0 Å². The van der Waals surface area contributed by atoms with Gasteiger partial charge in [-0.05, 0) is 61.9 Å². The van der Waals surface area contributed by atoms with Gasteiger partial charge in [-0.2, -0.15) is 0 Å². The molecule has 174 valence electrons. The van der Waals surface area contributed by atoms with Crippen molar-refractivity contribution in [3.8, 4) is 11.5 Å². The Bertz CT molecular complexity index is 1200. The van der Waals surface area contributed by atoms with E-state index >= 15 is 0 Å². The van der Waals surface area contributed by atoms with Gasteiger partial charge in [-0.1, -0.05) is 30.3 Å². The summed E-state index contributed by atoms with van der Waals surface area (Å²) in [6.07, 6.45) is 0. The standard InChI is InChI=1S/C25H28N2O5S/c1-4-27(18-19-14-15-23(32-5-2)24(16-19)31-3)25(28)20-10-9-11-21(17-20)26-33(29,30)22-12-7-6-8-13-22/h6-17,26H,4-5,18H2,1-3H3. The molecule has 7 nitrogen and oxygen atoms in total. The van der Waals surface area contributed by atoms with Gasteiger partial charge in [0, 0.05) is 24.3 Å². The first kappa shape index (κ1) is 24.1. The van der Waals surface area contributed by atoms with Crippen LogP contribution in [0, 0.1) is 0 Å². The van der Waals surface area contributed by atoms with Crippen LogP contribution in [0.3, 0.4) is 0 Å². The van der Waals surface area contributed by atoms with Crippen LogP contribution in [0.25, 0.3) is 0 Å². The van der Waals surface area contributed by atoms with Gasteiger partial charge in [-0.3, -0.25) is 9.52 Å². The van der Waals surface area contributed by atoms with Crippen LogP contribution in [-0.2, 0) is 16.6 Å². The molecule has 3 aromatic carbocycles. The number of sulfonamides is 1. The van der Waals surface area contributed by atoms with Crippen LogP contribution < -0.4 is 14.2 Å². The highest BCUT2D eigenvalue weighted by molar-refractivity contribution is 7.92. The van der Waals surface area contributed by atoms with E-state index in [1.54, 1.807) is 54.5 Å². The molecule has 0 atom stereocenters. The zero-order valence-corrected chi connectivity index (χ0v) is 19.8. The first-order valence-electron chi connectivity index (χ1n) is 10.6. The summed E-state index contributed by atoms with van der Waals surface area (Å²) in [7, 11) is -2.17. The number of nitrogens with zero attached hydrogens (tertiary/aromatic N) is 1. The molecule has 0 aliphatic heterocycles. The molecule has 0 saturated carbocycles. The Morgan fingerprint density at radius 3 is 2.36 bits per heavy atom. The molecule has 0 aliphatic carbocycles. The monoisotopic (exact) mass is 468 g/mol. The molecule has 0 bridgehead atoms. The van der Waals surface area contributed by atoms with Crippen molar-refractivity contribution in [3.63, 3.8) is 0 Å². The number of carbonyl (C=O) groups excluding carboxylic acids is 1. The molecule has 1 amide bonds. The van der Waals surface area contributed by atoms with Crippen LogP contribution in [0.4, 0.5) is 5.69 Å². The van der Waals surface area contributed by atoms with Crippen molar-refractivity contribution in [2.45, 2.75) is 25.3 Å². The number of ether oxygens (including phenoxy) is 2. The minimum Gasteiger partial charge on any atom is -0.493 e. The maximum atomic E-state index is 13.2. The molecule has 1 N–H and O–H groups in total. The van der Waals surface area contributed by atoms with Gasteiger partial charge < -0.3 is 14.4 Å². The van der Waals surface area contributed by atoms with Crippen molar-refractivity contribution in [2.75, 3.05) is 25.0 Å². The molecule has 3 rings (SSSR count). The van der Waals surface area contributed by atoms with E-state index < -0.39 is 10.0 Å². The normalized spacial score (nSPS) is 11.0. The summed E-state index contributed by atoms with van der Waals surface area (Å²) in [5.41, 5.74) is 1.61. The van der Waals surface area contributed by atoms with Crippen LogP contribution in [0.5, 0.6) is 11.5 Å². The van der Waals surface area contributed by atoms with E-state index in [4.69, 9.17) is 9.47 Å². The third-order valence-electron chi connectivity index (χ3n) is 4.99. The molecule has 0 aromatic heterocycles. The highest BCUT2D eigenvalue weighted by Crippen LogP contribution is 2.29. The Hall–Kier alpha value is -3.52. The van der Waals surface area contributed by atoms with Crippen LogP contribution in [0.2, 0.25) is 0 Å². The van der Waals surface area contributed by atoms with Gasteiger partial charge in [0.25, 0.3) is 15.9 Å². The number of amides is 1. The summed E-state index contributed by atoms with van der Waals surface area (Å²) in [6.45, 7) is 5.18.